The van der Waals surface area contributed by atoms with E-state index in [1.807, 2.05) is 26.0 Å². The monoisotopic (exact) mass is 275 g/mol. The van der Waals surface area contributed by atoms with Crippen molar-refractivity contribution in [1.29, 1.82) is 0 Å². The Morgan fingerprint density at radius 3 is 2.30 bits per heavy atom. The quantitative estimate of drug-likeness (QED) is 0.868. The Kier molecular flexibility index (Phi) is 3.94. The third-order valence-corrected chi connectivity index (χ3v) is 3.11. The fourth-order valence-electron chi connectivity index (χ4n) is 2.03. The van der Waals surface area contributed by atoms with E-state index in [2.05, 4.69) is 29.0 Å². The summed E-state index contributed by atoms with van der Waals surface area (Å²) in [5.74, 6) is 0.382. The molecule has 1 heterocycles. The fourth-order valence-corrected chi connectivity index (χ4v) is 2.03. The lowest BCUT2D eigenvalue weighted by Crippen LogP contribution is -2.53. The Hall–Kier alpha value is -2.08. The second-order valence-corrected chi connectivity index (χ2v) is 5.17. The molecule has 6 nitrogen and oxygen atoms in total. The molecule has 108 valence electrons. The highest BCUT2D eigenvalue weighted by atomic mass is 16.7. The summed E-state index contributed by atoms with van der Waals surface area (Å²) in [6, 6.07) is 8.27. The van der Waals surface area contributed by atoms with Gasteiger partial charge in [0.15, 0.2) is 5.66 Å². The summed E-state index contributed by atoms with van der Waals surface area (Å²) < 4.78 is 0. The Morgan fingerprint density at radius 1 is 1.15 bits per heavy atom. The Balaban J connectivity index is 2.04. The van der Waals surface area contributed by atoms with Crippen LogP contribution in [0.4, 0.5) is 0 Å². The van der Waals surface area contributed by atoms with Crippen molar-refractivity contribution in [1.82, 2.24) is 5.06 Å². The Labute approximate surface area is 119 Å². The molecule has 0 unspecified atom stereocenters. The summed E-state index contributed by atoms with van der Waals surface area (Å²) in [7, 11) is 0. The molecule has 4 N–H and O–H groups in total. The van der Waals surface area contributed by atoms with Crippen LogP contribution in [0.15, 0.2) is 34.3 Å². The smallest absolute Gasteiger partial charge is 0.226 e. The number of benzene rings is 1. The van der Waals surface area contributed by atoms with Crippen LogP contribution in [-0.4, -0.2) is 22.6 Å². The summed E-state index contributed by atoms with van der Waals surface area (Å²) in [5, 5.41) is 1.48. The first-order valence-electron chi connectivity index (χ1n) is 6.63. The third kappa shape index (κ3) is 3.08. The van der Waals surface area contributed by atoms with E-state index in [0.29, 0.717) is 6.61 Å². The second-order valence-electron chi connectivity index (χ2n) is 5.17. The van der Waals surface area contributed by atoms with Crippen LogP contribution in [0.3, 0.4) is 0 Å². The summed E-state index contributed by atoms with van der Waals surface area (Å²) >= 11 is 0. The number of aliphatic imine (C=N–C) groups is 2. The van der Waals surface area contributed by atoms with E-state index in [9.17, 15) is 0 Å². The van der Waals surface area contributed by atoms with Gasteiger partial charge in [0.25, 0.3) is 0 Å². The molecule has 1 aliphatic heterocycles. The van der Waals surface area contributed by atoms with Crippen molar-refractivity contribution in [3.63, 3.8) is 0 Å². The van der Waals surface area contributed by atoms with Gasteiger partial charge in [0, 0.05) is 0 Å². The molecule has 0 bridgehead atoms. The van der Waals surface area contributed by atoms with Crippen LogP contribution in [0.25, 0.3) is 0 Å². The van der Waals surface area contributed by atoms with E-state index in [-0.39, 0.29) is 11.9 Å². The zero-order valence-corrected chi connectivity index (χ0v) is 12.1. The van der Waals surface area contributed by atoms with Crippen molar-refractivity contribution in [3.05, 3.63) is 35.4 Å². The minimum absolute atomic E-state index is 0.166. The second kappa shape index (κ2) is 5.50. The zero-order valence-electron chi connectivity index (χ0n) is 12.1. The molecule has 6 heteroatoms. The molecule has 1 aromatic rings. The first kappa shape index (κ1) is 14.3. The van der Waals surface area contributed by atoms with E-state index >= 15 is 0 Å². The lowest BCUT2D eigenvalue weighted by molar-refractivity contribution is -0.166. The highest BCUT2D eigenvalue weighted by Crippen LogP contribution is 2.20. The average molecular weight is 275 g/mol. The van der Waals surface area contributed by atoms with E-state index in [1.165, 1.54) is 10.6 Å². The number of nitrogens with two attached hydrogens (primary N) is 2. The predicted molar refractivity (Wildman–Crippen MR) is 79.8 cm³/mol. The van der Waals surface area contributed by atoms with Crippen molar-refractivity contribution >= 4 is 11.9 Å². The third-order valence-electron chi connectivity index (χ3n) is 3.11. The number of hydroxylamine groups is 2. The molecule has 0 radical (unpaired) electrons. The predicted octanol–water partition coefficient (Wildman–Crippen LogP) is 1.36. The van der Waals surface area contributed by atoms with Gasteiger partial charge in [-0.05, 0) is 31.4 Å². The molecule has 20 heavy (non-hydrogen) atoms. The number of hydrogen-bond donors (Lipinski definition) is 2. The summed E-state index contributed by atoms with van der Waals surface area (Å²) in [6.45, 7) is 6.25. The van der Waals surface area contributed by atoms with Crippen molar-refractivity contribution in [2.24, 2.45) is 21.5 Å². The normalized spacial score (nSPS) is 17.6. The van der Waals surface area contributed by atoms with Gasteiger partial charge in [-0.1, -0.05) is 31.2 Å². The molecule has 0 atom stereocenters. The van der Waals surface area contributed by atoms with Gasteiger partial charge in [0.2, 0.25) is 11.9 Å². The van der Waals surface area contributed by atoms with Gasteiger partial charge in [0.05, 0.1) is 0 Å². The van der Waals surface area contributed by atoms with Crippen LogP contribution in [0.1, 0.15) is 31.9 Å². The lowest BCUT2D eigenvalue weighted by atomic mass is 10.1. The average Bonchev–Trinajstić information content (AvgIpc) is 2.37. The molecule has 0 amide bonds. The standard InChI is InChI=1S/C14H21N5O/c1-4-10-5-7-11(8-6-10)9-20-19-13(16)17-12(15)18-14(19,2)3/h5-8H,4,9H2,1-3H3,(H4,15,16,17,18). The highest BCUT2D eigenvalue weighted by Gasteiger charge is 2.33. The SMILES string of the molecule is CCc1ccc(CON2C(N)=NC(N)=NC2(C)C)cc1. The van der Waals surface area contributed by atoms with Crippen molar-refractivity contribution in [2.45, 2.75) is 39.5 Å². The maximum atomic E-state index is 5.84. The molecule has 0 saturated heterocycles. The maximum absolute atomic E-state index is 5.84. The summed E-state index contributed by atoms with van der Waals surface area (Å²) in [5.41, 5.74) is 13.1. The first-order chi connectivity index (χ1) is 9.42. The van der Waals surface area contributed by atoms with Gasteiger partial charge in [-0.2, -0.15) is 10.1 Å². The van der Waals surface area contributed by atoms with Crippen LogP contribution in [-0.2, 0) is 17.9 Å². The van der Waals surface area contributed by atoms with Crippen molar-refractivity contribution in [3.8, 4) is 0 Å². The van der Waals surface area contributed by atoms with E-state index in [4.69, 9.17) is 16.3 Å². The Morgan fingerprint density at radius 2 is 1.75 bits per heavy atom. The van der Waals surface area contributed by atoms with Gasteiger partial charge in [0.1, 0.15) is 6.61 Å². The van der Waals surface area contributed by atoms with E-state index in [1.54, 1.807) is 0 Å². The molecule has 1 aromatic carbocycles. The number of nitrogens with zero attached hydrogens (tertiary/aromatic N) is 3. The fraction of sp³-hybridized carbons (Fsp3) is 0.429. The van der Waals surface area contributed by atoms with Gasteiger partial charge in [-0.3, -0.25) is 4.84 Å². The highest BCUT2D eigenvalue weighted by molar-refractivity contribution is 5.95. The molecular formula is C14H21N5O. The van der Waals surface area contributed by atoms with Gasteiger partial charge in [-0.15, -0.1) is 0 Å². The van der Waals surface area contributed by atoms with Gasteiger partial charge >= 0.3 is 0 Å². The number of hydrogen-bond acceptors (Lipinski definition) is 6. The molecule has 1 aliphatic rings. The summed E-state index contributed by atoms with van der Waals surface area (Å²) in [4.78, 5) is 13.9. The molecule has 0 saturated carbocycles. The maximum Gasteiger partial charge on any atom is 0.226 e. The molecule has 0 aromatic heterocycles. The van der Waals surface area contributed by atoms with Crippen LogP contribution < -0.4 is 11.5 Å². The summed E-state index contributed by atoms with van der Waals surface area (Å²) in [6.07, 6.45) is 1.02. The van der Waals surface area contributed by atoms with Crippen LogP contribution in [0.5, 0.6) is 0 Å². The largest absolute Gasteiger partial charge is 0.368 e. The molecule has 0 aliphatic carbocycles. The van der Waals surface area contributed by atoms with Gasteiger partial charge in [-0.25, -0.2) is 4.99 Å². The zero-order chi connectivity index (χ0) is 14.8. The molecule has 2 rings (SSSR count). The lowest BCUT2D eigenvalue weighted by Gasteiger charge is -2.36. The minimum Gasteiger partial charge on any atom is -0.368 e. The van der Waals surface area contributed by atoms with E-state index in [0.717, 1.165) is 12.0 Å². The first-order valence-corrected chi connectivity index (χ1v) is 6.63. The molecular weight excluding hydrogens is 254 g/mol. The molecule has 0 fully saturated rings. The Bertz CT molecular complexity index is 533. The van der Waals surface area contributed by atoms with E-state index < -0.39 is 5.66 Å². The van der Waals surface area contributed by atoms with Crippen LogP contribution in [0, 0.1) is 0 Å². The number of guanidine groups is 2. The molecule has 0 spiro atoms. The van der Waals surface area contributed by atoms with Crippen LogP contribution >= 0.6 is 0 Å². The topological polar surface area (TPSA) is 89.2 Å². The van der Waals surface area contributed by atoms with Crippen LogP contribution in [0.2, 0.25) is 0 Å². The van der Waals surface area contributed by atoms with Crippen molar-refractivity contribution in [2.75, 3.05) is 0 Å². The number of rotatable bonds is 4. The number of aryl methyl sites for hydroxylation is 1. The van der Waals surface area contributed by atoms with Gasteiger partial charge < -0.3 is 11.5 Å². The minimum atomic E-state index is -0.667. The van der Waals surface area contributed by atoms with Crippen molar-refractivity contribution < 1.29 is 4.84 Å².